The third-order valence-corrected chi connectivity index (χ3v) is 3.69. The van der Waals surface area contributed by atoms with E-state index in [0.717, 1.165) is 32.1 Å². The van der Waals surface area contributed by atoms with Crippen molar-refractivity contribution < 1.29 is 4.79 Å². The minimum Gasteiger partial charge on any atom is -0.352 e. The maximum absolute atomic E-state index is 11.0. The summed E-state index contributed by atoms with van der Waals surface area (Å²) < 4.78 is 0. The molecule has 2 unspecified atom stereocenters. The summed E-state index contributed by atoms with van der Waals surface area (Å²) >= 11 is 0. The van der Waals surface area contributed by atoms with E-state index in [1.54, 1.807) is 6.92 Å². The largest absolute Gasteiger partial charge is 0.352 e. The SMILES string of the molecule is CC(=O)NC1CCN(C2CCCNCC2)C1. The van der Waals surface area contributed by atoms with E-state index in [2.05, 4.69) is 15.5 Å². The van der Waals surface area contributed by atoms with Crippen molar-refractivity contribution in [3.8, 4) is 0 Å². The predicted molar refractivity (Wildman–Crippen MR) is 64.3 cm³/mol. The smallest absolute Gasteiger partial charge is 0.217 e. The Labute approximate surface area is 97.8 Å². The van der Waals surface area contributed by atoms with Crippen molar-refractivity contribution in [2.24, 2.45) is 0 Å². The Morgan fingerprint density at radius 2 is 2.19 bits per heavy atom. The van der Waals surface area contributed by atoms with E-state index in [1.807, 2.05) is 0 Å². The second-order valence-electron chi connectivity index (χ2n) is 5.02. The Bertz CT molecular complexity index is 236. The Hall–Kier alpha value is -0.610. The van der Waals surface area contributed by atoms with Gasteiger partial charge in [0.15, 0.2) is 0 Å². The molecular formula is C12H23N3O. The van der Waals surface area contributed by atoms with E-state index in [4.69, 9.17) is 0 Å². The molecule has 1 amide bonds. The molecule has 2 N–H and O–H groups in total. The summed E-state index contributed by atoms with van der Waals surface area (Å²) in [4.78, 5) is 13.6. The van der Waals surface area contributed by atoms with Crippen LogP contribution < -0.4 is 10.6 Å². The van der Waals surface area contributed by atoms with Crippen molar-refractivity contribution in [3.63, 3.8) is 0 Å². The lowest BCUT2D eigenvalue weighted by Gasteiger charge is -2.26. The van der Waals surface area contributed by atoms with Gasteiger partial charge in [0.05, 0.1) is 0 Å². The van der Waals surface area contributed by atoms with Crippen LogP contribution in [0.5, 0.6) is 0 Å². The van der Waals surface area contributed by atoms with Crippen LogP contribution in [0, 0.1) is 0 Å². The summed E-state index contributed by atoms with van der Waals surface area (Å²) in [6.45, 7) is 6.11. The summed E-state index contributed by atoms with van der Waals surface area (Å²) in [5.41, 5.74) is 0. The van der Waals surface area contributed by atoms with Crippen molar-refractivity contribution in [2.75, 3.05) is 26.2 Å². The van der Waals surface area contributed by atoms with Gasteiger partial charge in [-0.25, -0.2) is 0 Å². The van der Waals surface area contributed by atoms with Gasteiger partial charge >= 0.3 is 0 Å². The van der Waals surface area contributed by atoms with E-state index < -0.39 is 0 Å². The standard InChI is InChI=1S/C12H23N3O/c1-10(16)14-11-5-8-15(9-11)12-3-2-6-13-7-4-12/h11-13H,2-9H2,1H3,(H,14,16). The second-order valence-corrected chi connectivity index (χ2v) is 5.02. The van der Waals surface area contributed by atoms with Crippen LogP contribution in [0.2, 0.25) is 0 Å². The summed E-state index contributed by atoms with van der Waals surface area (Å²) in [6.07, 6.45) is 4.96. The van der Waals surface area contributed by atoms with Crippen molar-refractivity contribution in [2.45, 2.75) is 44.7 Å². The van der Waals surface area contributed by atoms with Gasteiger partial charge in [-0.05, 0) is 38.8 Å². The lowest BCUT2D eigenvalue weighted by atomic mass is 10.1. The molecule has 2 heterocycles. The van der Waals surface area contributed by atoms with Crippen molar-refractivity contribution in [1.82, 2.24) is 15.5 Å². The molecule has 2 aliphatic rings. The highest BCUT2D eigenvalue weighted by Gasteiger charge is 2.28. The third-order valence-electron chi connectivity index (χ3n) is 3.69. The second kappa shape index (κ2) is 5.64. The Morgan fingerprint density at radius 3 is 3.00 bits per heavy atom. The topological polar surface area (TPSA) is 44.4 Å². The lowest BCUT2D eigenvalue weighted by Crippen LogP contribution is -2.39. The molecule has 2 atom stereocenters. The van der Waals surface area contributed by atoms with Crippen LogP contribution in [0.3, 0.4) is 0 Å². The normalized spacial score (nSPS) is 32.3. The van der Waals surface area contributed by atoms with Crippen molar-refractivity contribution >= 4 is 5.91 Å². The minimum atomic E-state index is 0.106. The fraction of sp³-hybridized carbons (Fsp3) is 0.917. The summed E-state index contributed by atoms with van der Waals surface area (Å²) in [5.74, 6) is 0.106. The number of hydrogen-bond donors (Lipinski definition) is 2. The molecule has 2 aliphatic heterocycles. The molecule has 2 saturated heterocycles. The first-order valence-electron chi connectivity index (χ1n) is 6.47. The zero-order valence-electron chi connectivity index (χ0n) is 10.2. The van der Waals surface area contributed by atoms with E-state index >= 15 is 0 Å². The number of hydrogen-bond acceptors (Lipinski definition) is 3. The molecule has 92 valence electrons. The number of nitrogens with one attached hydrogen (secondary N) is 2. The number of likely N-dealkylation sites (tertiary alicyclic amines) is 1. The quantitative estimate of drug-likeness (QED) is 0.712. The van der Waals surface area contributed by atoms with Crippen LogP contribution in [0.25, 0.3) is 0 Å². The van der Waals surface area contributed by atoms with Crippen LogP contribution in [-0.4, -0.2) is 49.1 Å². The van der Waals surface area contributed by atoms with Crippen LogP contribution in [0.1, 0.15) is 32.6 Å². The van der Waals surface area contributed by atoms with Gasteiger partial charge in [0.2, 0.25) is 5.91 Å². The first kappa shape index (κ1) is 11.9. The summed E-state index contributed by atoms with van der Waals surface area (Å²) in [7, 11) is 0. The molecule has 0 radical (unpaired) electrons. The molecule has 0 spiro atoms. The molecule has 4 heteroatoms. The molecule has 0 aromatic carbocycles. The average molecular weight is 225 g/mol. The Kier molecular flexibility index (Phi) is 4.18. The van der Waals surface area contributed by atoms with Crippen LogP contribution in [0.4, 0.5) is 0 Å². The zero-order chi connectivity index (χ0) is 11.4. The molecule has 0 aromatic heterocycles. The number of nitrogens with zero attached hydrogens (tertiary/aromatic N) is 1. The summed E-state index contributed by atoms with van der Waals surface area (Å²) in [6, 6.07) is 1.11. The highest BCUT2D eigenvalue weighted by atomic mass is 16.1. The first-order chi connectivity index (χ1) is 7.75. The monoisotopic (exact) mass is 225 g/mol. The van der Waals surface area contributed by atoms with E-state index in [9.17, 15) is 4.79 Å². The maximum Gasteiger partial charge on any atom is 0.217 e. The molecule has 16 heavy (non-hydrogen) atoms. The number of carbonyl (C=O) groups is 1. The molecule has 0 aliphatic carbocycles. The van der Waals surface area contributed by atoms with Crippen LogP contribution in [0.15, 0.2) is 0 Å². The van der Waals surface area contributed by atoms with Crippen LogP contribution >= 0.6 is 0 Å². The highest BCUT2D eigenvalue weighted by molar-refractivity contribution is 5.73. The van der Waals surface area contributed by atoms with Crippen molar-refractivity contribution in [3.05, 3.63) is 0 Å². The molecule has 2 fully saturated rings. The Balaban J connectivity index is 1.80. The lowest BCUT2D eigenvalue weighted by molar-refractivity contribution is -0.119. The fourth-order valence-electron chi connectivity index (χ4n) is 2.89. The minimum absolute atomic E-state index is 0.106. The summed E-state index contributed by atoms with van der Waals surface area (Å²) in [5, 5.41) is 6.48. The van der Waals surface area contributed by atoms with Gasteiger partial charge in [0.1, 0.15) is 0 Å². The van der Waals surface area contributed by atoms with Gasteiger partial charge in [-0.15, -0.1) is 0 Å². The average Bonchev–Trinajstić information content (AvgIpc) is 2.53. The highest BCUT2D eigenvalue weighted by Crippen LogP contribution is 2.19. The first-order valence-corrected chi connectivity index (χ1v) is 6.47. The molecule has 0 saturated carbocycles. The number of amides is 1. The van der Waals surface area contributed by atoms with Gasteiger partial charge < -0.3 is 10.6 Å². The maximum atomic E-state index is 11.0. The fourth-order valence-corrected chi connectivity index (χ4v) is 2.89. The third kappa shape index (κ3) is 3.19. The molecule has 2 rings (SSSR count). The molecule has 0 bridgehead atoms. The zero-order valence-corrected chi connectivity index (χ0v) is 10.2. The van der Waals surface area contributed by atoms with Gasteiger partial charge in [-0.3, -0.25) is 9.69 Å². The molecule has 0 aromatic rings. The van der Waals surface area contributed by atoms with E-state index in [-0.39, 0.29) is 5.91 Å². The predicted octanol–water partition coefficient (Wildman–Crippen LogP) is 0.339. The number of rotatable bonds is 2. The van der Waals surface area contributed by atoms with Crippen molar-refractivity contribution in [1.29, 1.82) is 0 Å². The van der Waals surface area contributed by atoms with Gasteiger partial charge in [0, 0.05) is 32.1 Å². The van der Waals surface area contributed by atoms with E-state index in [1.165, 1.54) is 25.8 Å². The Morgan fingerprint density at radius 1 is 1.31 bits per heavy atom. The van der Waals surface area contributed by atoms with Gasteiger partial charge in [-0.1, -0.05) is 0 Å². The van der Waals surface area contributed by atoms with Gasteiger partial charge in [-0.2, -0.15) is 0 Å². The molecule has 4 nitrogen and oxygen atoms in total. The van der Waals surface area contributed by atoms with Crippen LogP contribution in [-0.2, 0) is 4.79 Å². The van der Waals surface area contributed by atoms with E-state index in [0.29, 0.717) is 6.04 Å². The molecular weight excluding hydrogens is 202 g/mol. The number of carbonyl (C=O) groups excluding carboxylic acids is 1. The van der Waals surface area contributed by atoms with Gasteiger partial charge in [0.25, 0.3) is 0 Å².